The van der Waals surface area contributed by atoms with Crippen molar-refractivity contribution in [2.75, 3.05) is 12.9 Å². The number of amides is 2. The quantitative estimate of drug-likeness (QED) is 0.156. The zero-order chi connectivity index (χ0) is 31.6. The Bertz CT molecular complexity index is 1540. The first-order chi connectivity index (χ1) is 21.9. The smallest absolute Gasteiger partial charge is 0.328 e. The van der Waals surface area contributed by atoms with Crippen LogP contribution < -0.4 is 10.6 Å². The van der Waals surface area contributed by atoms with Crippen molar-refractivity contribution in [2.45, 2.75) is 55.7 Å². The Morgan fingerprint density at radius 2 is 1.71 bits per heavy atom. The van der Waals surface area contributed by atoms with Crippen molar-refractivity contribution >= 4 is 23.8 Å². The van der Waals surface area contributed by atoms with Crippen LogP contribution in [0.4, 0.5) is 4.79 Å². The van der Waals surface area contributed by atoms with Gasteiger partial charge in [-0.1, -0.05) is 90.6 Å². The summed E-state index contributed by atoms with van der Waals surface area (Å²) in [5, 5.41) is 27.3. The van der Waals surface area contributed by atoms with Crippen LogP contribution in [0.2, 0.25) is 0 Å². The molecule has 4 aromatic rings. The molecule has 2 amide bonds. The van der Waals surface area contributed by atoms with Crippen LogP contribution >= 0.6 is 11.8 Å². The van der Waals surface area contributed by atoms with Crippen molar-refractivity contribution in [3.8, 4) is 0 Å². The van der Waals surface area contributed by atoms with E-state index in [0.717, 1.165) is 27.8 Å². The van der Waals surface area contributed by atoms with E-state index in [1.807, 2.05) is 78.9 Å². The van der Waals surface area contributed by atoms with Crippen molar-refractivity contribution in [3.05, 3.63) is 107 Å². The number of rotatable bonds is 12. The number of hydrogen-bond acceptors (Lipinski definition) is 10. The summed E-state index contributed by atoms with van der Waals surface area (Å²) in [4.78, 5) is 25.0. The summed E-state index contributed by atoms with van der Waals surface area (Å²) >= 11 is 1.52. The summed E-state index contributed by atoms with van der Waals surface area (Å²) in [5.74, 6) is 0.117. The predicted molar refractivity (Wildman–Crippen MR) is 166 cm³/mol. The number of aliphatic hydroxyl groups excluding tert-OH is 1. The van der Waals surface area contributed by atoms with Crippen LogP contribution in [0, 0.1) is 0 Å². The maximum absolute atomic E-state index is 12.7. The molecular formula is C32H36N6O6S. The molecule has 2 heterocycles. The summed E-state index contributed by atoms with van der Waals surface area (Å²) in [5.41, 5.74) is 4.44. The number of urea groups is 1. The van der Waals surface area contributed by atoms with Gasteiger partial charge in [-0.3, -0.25) is 0 Å². The Morgan fingerprint density at radius 3 is 2.38 bits per heavy atom. The van der Waals surface area contributed by atoms with E-state index in [0.29, 0.717) is 23.8 Å². The second-order valence-corrected chi connectivity index (χ2v) is 11.6. The highest BCUT2D eigenvalue weighted by Gasteiger charge is 2.32. The fourth-order valence-corrected chi connectivity index (χ4v) is 5.77. The molecule has 4 unspecified atom stereocenters. The number of esters is 1. The van der Waals surface area contributed by atoms with Gasteiger partial charge in [0.15, 0.2) is 6.29 Å². The molecule has 0 aliphatic carbocycles. The fourth-order valence-electron chi connectivity index (χ4n) is 4.90. The normalized spacial score (nSPS) is 18.6. The Hall–Kier alpha value is -4.30. The number of nitrogens with one attached hydrogen (secondary N) is 2. The molecule has 0 bridgehead atoms. The molecule has 12 nitrogen and oxygen atoms in total. The standard InChI is InChI=1S/C32H36N6O6S/c1-38-32(35-36-37-38)45-20-26-17-28(24-12-10-23(19-39)11-13-24)44-30(43-26)25-14-8-22(9-15-25)18-33-31(41)34-27(29(40)42-2)16-21-6-4-3-5-7-21/h3-15,26-28,30,39H,16-20H2,1-2H3,(H2,33,34,41). The molecule has 0 saturated carbocycles. The lowest BCUT2D eigenvalue weighted by atomic mass is 10.0. The lowest BCUT2D eigenvalue weighted by Crippen LogP contribution is -2.47. The van der Waals surface area contributed by atoms with Gasteiger partial charge in [-0.05, 0) is 32.7 Å². The van der Waals surface area contributed by atoms with Crippen molar-refractivity contribution < 1.29 is 28.9 Å². The van der Waals surface area contributed by atoms with E-state index in [9.17, 15) is 14.7 Å². The summed E-state index contributed by atoms with van der Waals surface area (Å²) in [6.45, 7) is 0.230. The predicted octanol–water partition coefficient (Wildman–Crippen LogP) is 3.62. The van der Waals surface area contributed by atoms with Crippen LogP contribution in [0.1, 0.15) is 46.6 Å². The van der Waals surface area contributed by atoms with Crippen molar-refractivity contribution in [3.63, 3.8) is 0 Å². The second kappa shape index (κ2) is 15.6. The van der Waals surface area contributed by atoms with Crippen LogP contribution in [0.5, 0.6) is 0 Å². The van der Waals surface area contributed by atoms with E-state index in [1.54, 1.807) is 11.7 Å². The molecule has 1 aliphatic heterocycles. The van der Waals surface area contributed by atoms with Gasteiger partial charge in [0.1, 0.15) is 6.04 Å². The van der Waals surface area contributed by atoms with Gasteiger partial charge < -0.3 is 30.0 Å². The third-order valence-electron chi connectivity index (χ3n) is 7.37. The monoisotopic (exact) mass is 632 g/mol. The number of thioether (sulfide) groups is 1. The number of benzene rings is 3. The largest absolute Gasteiger partial charge is 0.467 e. The lowest BCUT2D eigenvalue weighted by Gasteiger charge is -2.36. The molecule has 5 rings (SSSR count). The molecule has 13 heteroatoms. The van der Waals surface area contributed by atoms with Gasteiger partial charge in [0, 0.05) is 37.8 Å². The van der Waals surface area contributed by atoms with Gasteiger partial charge in [-0.2, -0.15) is 0 Å². The molecule has 1 aliphatic rings. The highest BCUT2D eigenvalue weighted by molar-refractivity contribution is 7.99. The maximum atomic E-state index is 12.7. The molecule has 1 aromatic heterocycles. The number of aliphatic hydroxyl groups is 1. The number of tetrazole rings is 1. The third kappa shape index (κ3) is 8.88. The van der Waals surface area contributed by atoms with E-state index in [2.05, 4.69) is 26.2 Å². The Kier molecular flexibility index (Phi) is 11.1. The molecule has 4 atom stereocenters. The highest BCUT2D eigenvalue weighted by atomic mass is 32.2. The van der Waals surface area contributed by atoms with Gasteiger partial charge in [-0.15, -0.1) is 5.10 Å². The number of carbonyl (C=O) groups is 2. The van der Waals surface area contributed by atoms with Crippen LogP contribution in [0.3, 0.4) is 0 Å². The molecule has 3 aromatic carbocycles. The minimum atomic E-state index is -0.816. The van der Waals surface area contributed by atoms with Gasteiger partial charge in [0.2, 0.25) is 5.16 Å². The Balaban J connectivity index is 1.21. The number of nitrogens with zero attached hydrogens (tertiary/aromatic N) is 4. The average molecular weight is 633 g/mol. The van der Waals surface area contributed by atoms with Gasteiger partial charge >= 0.3 is 12.0 Å². The Morgan fingerprint density at radius 1 is 1.00 bits per heavy atom. The first-order valence-electron chi connectivity index (χ1n) is 14.5. The first-order valence-corrected chi connectivity index (χ1v) is 15.5. The number of methoxy groups -OCH3 is 1. The molecule has 0 radical (unpaired) electrons. The number of aryl methyl sites for hydroxylation is 1. The zero-order valence-corrected chi connectivity index (χ0v) is 25.9. The van der Waals surface area contributed by atoms with Gasteiger partial charge in [-0.25, -0.2) is 14.3 Å². The van der Waals surface area contributed by atoms with Crippen LogP contribution in [0.15, 0.2) is 84.0 Å². The minimum absolute atomic E-state index is 0.0229. The highest BCUT2D eigenvalue weighted by Crippen LogP contribution is 2.39. The number of aromatic nitrogens is 4. The summed E-state index contributed by atoms with van der Waals surface area (Å²) < 4.78 is 19.3. The number of hydrogen-bond donors (Lipinski definition) is 3. The maximum Gasteiger partial charge on any atom is 0.328 e. The number of ether oxygens (including phenoxy) is 3. The average Bonchev–Trinajstić information content (AvgIpc) is 3.50. The van der Waals surface area contributed by atoms with E-state index >= 15 is 0 Å². The van der Waals surface area contributed by atoms with E-state index < -0.39 is 24.3 Å². The van der Waals surface area contributed by atoms with Crippen LogP contribution in [0.25, 0.3) is 0 Å². The molecule has 1 saturated heterocycles. The summed E-state index contributed by atoms with van der Waals surface area (Å²) in [6, 6.07) is 23.5. The SMILES string of the molecule is COC(=O)C(Cc1ccccc1)NC(=O)NCc1ccc(C2OC(CSc3nnnn3C)CC(c3ccc(CO)cc3)O2)cc1. The third-order valence-corrected chi connectivity index (χ3v) is 8.52. The van der Waals surface area contributed by atoms with Crippen molar-refractivity contribution in [1.29, 1.82) is 0 Å². The van der Waals surface area contributed by atoms with E-state index in [4.69, 9.17) is 14.2 Å². The van der Waals surface area contributed by atoms with Crippen molar-refractivity contribution in [2.24, 2.45) is 7.05 Å². The Labute approximate surface area is 265 Å². The summed E-state index contributed by atoms with van der Waals surface area (Å²) in [6.07, 6.45) is -0.0200. The molecule has 45 heavy (non-hydrogen) atoms. The molecular weight excluding hydrogens is 596 g/mol. The van der Waals surface area contributed by atoms with Crippen LogP contribution in [-0.4, -0.2) is 62.3 Å². The zero-order valence-electron chi connectivity index (χ0n) is 25.0. The van der Waals surface area contributed by atoms with E-state index in [1.165, 1.54) is 18.9 Å². The molecule has 236 valence electrons. The second-order valence-electron chi connectivity index (χ2n) is 10.6. The van der Waals surface area contributed by atoms with Crippen LogP contribution in [-0.2, 0) is 45.6 Å². The fraction of sp³-hybridized carbons (Fsp3) is 0.344. The molecule has 3 N–H and O–H groups in total. The molecule has 0 spiro atoms. The lowest BCUT2D eigenvalue weighted by molar-refractivity contribution is -0.245. The van der Waals surface area contributed by atoms with Gasteiger partial charge in [0.25, 0.3) is 0 Å². The topological polar surface area (TPSA) is 150 Å². The number of carbonyl (C=O) groups excluding carboxylic acids is 2. The van der Waals surface area contributed by atoms with Crippen molar-refractivity contribution in [1.82, 2.24) is 30.8 Å². The summed E-state index contributed by atoms with van der Waals surface area (Å²) in [7, 11) is 3.09. The minimum Gasteiger partial charge on any atom is -0.467 e. The van der Waals surface area contributed by atoms with E-state index in [-0.39, 0.29) is 25.4 Å². The molecule has 1 fully saturated rings. The van der Waals surface area contributed by atoms with Gasteiger partial charge in [0.05, 0.1) is 25.9 Å². The first kappa shape index (κ1) is 32.1.